The van der Waals surface area contributed by atoms with Crippen molar-refractivity contribution < 1.29 is 14.5 Å². The third-order valence-electron chi connectivity index (χ3n) is 2.37. The predicted octanol–water partition coefficient (Wildman–Crippen LogP) is 0.725. The monoisotopic (exact) mass is 297 g/mol. The van der Waals surface area contributed by atoms with Crippen LogP contribution in [0.25, 0.3) is 0 Å². The molecule has 0 aliphatic rings. The third kappa shape index (κ3) is 6.52. The van der Waals surface area contributed by atoms with Gasteiger partial charge in [0, 0.05) is 13.1 Å². The summed E-state index contributed by atoms with van der Waals surface area (Å²) < 4.78 is 4.98. The van der Waals surface area contributed by atoms with Crippen molar-refractivity contribution in [3.63, 3.8) is 0 Å². The molecule has 0 saturated carbocycles. The lowest BCUT2D eigenvalue weighted by atomic mass is 10.3. The van der Waals surface area contributed by atoms with Gasteiger partial charge in [-0.15, -0.1) is 0 Å². The summed E-state index contributed by atoms with van der Waals surface area (Å²) in [6.45, 7) is 3.10. The molecule has 1 heterocycles. The van der Waals surface area contributed by atoms with Gasteiger partial charge < -0.3 is 21.1 Å². The summed E-state index contributed by atoms with van der Waals surface area (Å²) in [5.41, 5.74) is 4.87. The van der Waals surface area contributed by atoms with Crippen LogP contribution in [0.2, 0.25) is 0 Å². The molecule has 4 N–H and O–H groups in total. The number of nitrogens with two attached hydrogens (primary N) is 1. The van der Waals surface area contributed by atoms with Gasteiger partial charge in [0.25, 0.3) is 5.69 Å². The predicted molar refractivity (Wildman–Crippen MR) is 78.2 cm³/mol. The first-order valence-electron chi connectivity index (χ1n) is 6.53. The number of nitrogens with zero attached hydrogens (tertiary/aromatic N) is 2. The van der Waals surface area contributed by atoms with E-state index >= 15 is 0 Å². The number of anilines is 2. The van der Waals surface area contributed by atoms with Gasteiger partial charge in [-0.3, -0.25) is 14.9 Å². The van der Waals surface area contributed by atoms with Gasteiger partial charge in [0.2, 0.25) is 5.91 Å². The highest BCUT2D eigenvalue weighted by Gasteiger charge is 2.10. The van der Waals surface area contributed by atoms with E-state index in [1.54, 1.807) is 0 Å². The fourth-order valence-corrected chi connectivity index (χ4v) is 1.48. The van der Waals surface area contributed by atoms with Gasteiger partial charge in [0.15, 0.2) is 0 Å². The quantitative estimate of drug-likeness (QED) is 0.329. The Bertz CT molecular complexity index is 495. The van der Waals surface area contributed by atoms with Crippen LogP contribution in [0.4, 0.5) is 17.3 Å². The normalized spacial score (nSPS) is 10.1. The van der Waals surface area contributed by atoms with E-state index in [1.165, 1.54) is 12.1 Å². The maximum Gasteiger partial charge on any atom is 0.276 e. The molecule has 9 heteroatoms. The first-order valence-corrected chi connectivity index (χ1v) is 6.53. The number of amides is 1. The summed E-state index contributed by atoms with van der Waals surface area (Å²) in [6, 6.07) is 2.72. The fraction of sp³-hybridized carbons (Fsp3) is 0.500. The van der Waals surface area contributed by atoms with E-state index in [1.807, 2.05) is 6.92 Å². The Hall–Kier alpha value is -2.42. The average molecular weight is 297 g/mol. The van der Waals surface area contributed by atoms with Crippen LogP contribution in [-0.4, -0.2) is 42.1 Å². The van der Waals surface area contributed by atoms with Gasteiger partial charge in [-0.05, 0) is 6.42 Å². The van der Waals surface area contributed by atoms with Crippen LogP contribution in [0, 0.1) is 10.1 Å². The van der Waals surface area contributed by atoms with Crippen LogP contribution in [0.1, 0.15) is 13.3 Å². The van der Waals surface area contributed by atoms with Crippen LogP contribution >= 0.6 is 0 Å². The summed E-state index contributed by atoms with van der Waals surface area (Å²) >= 11 is 0. The van der Waals surface area contributed by atoms with Crippen molar-refractivity contribution in [3.8, 4) is 0 Å². The Morgan fingerprint density at radius 2 is 2.00 bits per heavy atom. The first kappa shape index (κ1) is 16.6. The zero-order valence-electron chi connectivity index (χ0n) is 11.8. The number of carbonyl (C=O) groups excluding carboxylic acids is 1. The van der Waals surface area contributed by atoms with Crippen LogP contribution in [0.5, 0.6) is 0 Å². The molecular formula is C12H19N5O4. The molecule has 1 aromatic rings. The molecule has 0 unspecified atom stereocenters. The molecule has 21 heavy (non-hydrogen) atoms. The fourth-order valence-electron chi connectivity index (χ4n) is 1.48. The number of ether oxygens (including phenoxy) is 1. The number of nitrogens with one attached hydrogen (secondary N) is 2. The molecule has 116 valence electrons. The minimum atomic E-state index is -0.547. The number of rotatable bonds is 10. The van der Waals surface area contributed by atoms with Gasteiger partial charge in [0.05, 0.1) is 23.7 Å². The molecule has 0 fully saturated rings. The molecule has 9 nitrogen and oxygen atoms in total. The van der Waals surface area contributed by atoms with Gasteiger partial charge in [-0.2, -0.15) is 0 Å². The highest BCUT2D eigenvalue weighted by molar-refractivity contribution is 5.74. The van der Waals surface area contributed by atoms with Crippen molar-refractivity contribution >= 4 is 23.2 Å². The lowest BCUT2D eigenvalue weighted by molar-refractivity contribution is -0.384. The topological polar surface area (TPSA) is 132 Å². The molecule has 0 bridgehead atoms. The molecule has 0 aliphatic heterocycles. The third-order valence-corrected chi connectivity index (χ3v) is 2.37. The van der Waals surface area contributed by atoms with E-state index in [0.29, 0.717) is 24.7 Å². The summed E-state index contributed by atoms with van der Waals surface area (Å²) in [6.07, 6.45) is 0.883. The Kier molecular flexibility index (Phi) is 6.88. The number of primary amides is 1. The van der Waals surface area contributed by atoms with Gasteiger partial charge in [-0.25, -0.2) is 4.98 Å². The zero-order chi connectivity index (χ0) is 15.7. The SMILES string of the molecule is CCCNc1cc([N+](=O)[O-])cc(NCCOCC(N)=O)n1. The van der Waals surface area contributed by atoms with E-state index in [9.17, 15) is 14.9 Å². The highest BCUT2D eigenvalue weighted by atomic mass is 16.6. The number of nitro groups is 1. The van der Waals surface area contributed by atoms with Gasteiger partial charge in [-0.1, -0.05) is 6.92 Å². The molecule has 1 aromatic heterocycles. The minimum absolute atomic E-state index is 0.0517. The van der Waals surface area contributed by atoms with Crippen molar-refractivity contribution in [1.82, 2.24) is 4.98 Å². The second kappa shape index (κ2) is 8.69. The Labute approximate surface area is 122 Å². The standard InChI is InChI=1S/C12H19N5O4/c1-2-3-14-11-6-9(17(19)20)7-12(16-11)15-4-5-21-8-10(13)18/h6-7H,2-5,8H2,1H3,(H2,13,18)(H2,14,15,16). The number of pyridine rings is 1. The van der Waals surface area contributed by atoms with Crippen LogP contribution in [0.15, 0.2) is 12.1 Å². The maximum absolute atomic E-state index is 10.9. The number of hydrogen-bond acceptors (Lipinski definition) is 7. The molecule has 0 radical (unpaired) electrons. The van der Waals surface area contributed by atoms with Crippen molar-refractivity contribution in [1.29, 1.82) is 0 Å². The second-order valence-electron chi connectivity index (χ2n) is 4.23. The van der Waals surface area contributed by atoms with Gasteiger partial charge >= 0.3 is 0 Å². The summed E-state index contributed by atoms with van der Waals surface area (Å²) in [5.74, 6) is 0.256. The maximum atomic E-state index is 10.9. The Balaban J connectivity index is 2.60. The molecule has 0 spiro atoms. The molecule has 0 aromatic carbocycles. The summed E-state index contributed by atoms with van der Waals surface area (Å²) in [5, 5.41) is 16.8. The number of aromatic nitrogens is 1. The molecule has 0 saturated heterocycles. The Morgan fingerprint density at radius 1 is 1.38 bits per heavy atom. The van der Waals surface area contributed by atoms with E-state index in [2.05, 4.69) is 15.6 Å². The van der Waals surface area contributed by atoms with Crippen LogP contribution < -0.4 is 16.4 Å². The number of hydrogen-bond donors (Lipinski definition) is 3. The van der Waals surface area contributed by atoms with Crippen molar-refractivity contribution in [2.45, 2.75) is 13.3 Å². The minimum Gasteiger partial charge on any atom is -0.370 e. The Morgan fingerprint density at radius 3 is 2.52 bits per heavy atom. The first-order chi connectivity index (χ1) is 10.0. The van der Waals surface area contributed by atoms with Gasteiger partial charge in [0.1, 0.15) is 18.2 Å². The molecule has 0 aliphatic carbocycles. The molecule has 0 atom stereocenters. The largest absolute Gasteiger partial charge is 0.370 e. The summed E-state index contributed by atoms with van der Waals surface area (Å²) in [4.78, 5) is 25.1. The van der Waals surface area contributed by atoms with Crippen LogP contribution in [0.3, 0.4) is 0 Å². The molecule has 1 amide bonds. The second-order valence-corrected chi connectivity index (χ2v) is 4.23. The van der Waals surface area contributed by atoms with Crippen molar-refractivity contribution in [2.75, 3.05) is 36.9 Å². The lowest BCUT2D eigenvalue weighted by Gasteiger charge is -2.09. The molecule has 1 rings (SSSR count). The highest BCUT2D eigenvalue weighted by Crippen LogP contribution is 2.20. The van der Waals surface area contributed by atoms with Crippen molar-refractivity contribution in [3.05, 3.63) is 22.2 Å². The number of carbonyl (C=O) groups is 1. The smallest absolute Gasteiger partial charge is 0.276 e. The van der Waals surface area contributed by atoms with E-state index in [-0.39, 0.29) is 18.9 Å². The molecular weight excluding hydrogens is 278 g/mol. The van der Waals surface area contributed by atoms with E-state index < -0.39 is 10.8 Å². The average Bonchev–Trinajstić information content (AvgIpc) is 2.44. The lowest BCUT2D eigenvalue weighted by Crippen LogP contribution is -2.20. The van der Waals surface area contributed by atoms with Crippen molar-refractivity contribution in [2.24, 2.45) is 5.73 Å². The summed E-state index contributed by atoms with van der Waals surface area (Å²) in [7, 11) is 0. The van der Waals surface area contributed by atoms with E-state index in [4.69, 9.17) is 10.5 Å². The zero-order valence-corrected chi connectivity index (χ0v) is 11.8. The van der Waals surface area contributed by atoms with Crippen LogP contribution in [-0.2, 0) is 9.53 Å². The van der Waals surface area contributed by atoms with E-state index in [0.717, 1.165) is 6.42 Å².